The van der Waals surface area contributed by atoms with Gasteiger partial charge in [0.1, 0.15) is 0 Å². The van der Waals surface area contributed by atoms with Gasteiger partial charge in [-0.2, -0.15) is 0 Å². The third kappa shape index (κ3) is 85.9. The molecular weight excluding hydrogens is 744 g/mol. The molecule has 0 saturated carbocycles. The van der Waals surface area contributed by atoms with E-state index in [1.54, 1.807) is 0 Å². The van der Waals surface area contributed by atoms with Crippen LogP contribution in [0.25, 0.3) is 0 Å². The number of rotatable bonds is 6. The van der Waals surface area contributed by atoms with Crippen LogP contribution in [0.4, 0.5) is 0 Å². The Labute approximate surface area is 443 Å². The van der Waals surface area contributed by atoms with Crippen LogP contribution >= 0.6 is 45.6 Å². The van der Waals surface area contributed by atoms with Crippen LogP contribution < -0.4 is 0 Å². The minimum atomic E-state index is -4.55. The SMILES string of the molecule is O=P(O)(O)CP(=O)(O)O.O=P(O)(O)CP(=O)(O)O.O=P(O)(O)CP(=O)(O)O.[KH].[KH].[KH].[KH].[KH].[KH]. The van der Waals surface area contributed by atoms with E-state index in [2.05, 4.69) is 0 Å². The van der Waals surface area contributed by atoms with Crippen LogP contribution in [0.5, 0.6) is 0 Å². The summed E-state index contributed by atoms with van der Waals surface area (Å²) in [4.78, 5) is 95.7. The van der Waals surface area contributed by atoms with E-state index in [4.69, 9.17) is 58.7 Å². The van der Waals surface area contributed by atoms with Crippen molar-refractivity contribution < 1.29 is 86.1 Å². The fraction of sp³-hybridized carbons (Fsp3) is 1.00. The average Bonchev–Trinajstić information content (AvgIpc) is 1.96. The van der Waals surface area contributed by atoms with Gasteiger partial charge in [0.15, 0.2) is 17.7 Å². The molecule has 0 rings (SSSR count). The zero-order chi connectivity index (χ0) is 23.1. The van der Waals surface area contributed by atoms with Crippen LogP contribution in [0.15, 0.2) is 0 Å². The average molecular weight is 769 g/mol. The zero-order valence-electron chi connectivity index (χ0n) is 12.6. The molecule has 0 saturated heterocycles. The second-order valence-corrected chi connectivity index (χ2v) is 15.8. The maximum absolute atomic E-state index is 9.85. The quantitative estimate of drug-likeness (QED) is 0.0884. The monoisotopic (exact) mass is 768 g/mol. The predicted octanol–water partition coefficient (Wildman–Crippen LogP) is -5.99. The van der Waals surface area contributed by atoms with Crippen molar-refractivity contribution in [2.45, 2.75) is 0 Å². The summed E-state index contributed by atoms with van der Waals surface area (Å²) in [5.74, 6) is -4.12. The van der Waals surface area contributed by atoms with Gasteiger partial charge >= 0.3 is 354 Å². The van der Waals surface area contributed by atoms with E-state index in [0.717, 1.165) is 0 Å². The molecule has 180 valence electrons. The number of hydrogen-bond acceptors (Lipinski definition) is 6. The van der Waals surface area contributed by atoms with E-state index >= 15 is 0 Å². The van der Waals surface area contributed by atoms with E-state index < -0.39 is 63.3 Å². The maximum atomic E-state index is 9.85. The fourth-order valence-corrected chi connectivity index (χ4v) is 6.48. The van der Waals surface area contributed by atoms with Gasteiger partial charge in [0.05, 0.1) is 0 Å². The first-order valence-electron chi connectivity index (χ1n) is 5.39. The molecule has 0 aromatic carbocycles. The Balaban J connectivity index is -0.0000000343. The molecule has 0 bridgehead atoms. The molecule has 18 nitrogen and oxygen atoms in total. The van der Waals surface area contributed by atoms with Gasteiger partial charge in [-0.15, -0.1) is 0 Å². The molecule has 0 atom stereocenters. The van der Waals surface area contributed by atoms with Crippen LogP contribution in [0.2, 0.25) is 0 Å². The standard InChI is InChI=1S/3CH6O6P2.6K.6H/c3*2-8(3,4)1-9(5,6)7;;;;;;;;;;;;/h3*1H2,(H2,2,3,4)(H2,5,6,7);;;;;;;;;;;;. The zero-order valence-corrected chi connectivity index (χ0v) is 18.0. The first-order valence-corrected chi connectivity index (χ1v) is 16.2. The van der Waals surface area contributed by atoms with Gasteiger partial charge in [0, 0.05) is 0 Å². The van der Waals surface area contributed by atoms with E-state index in [1.165, 1.54) is 0 Å². The molecule has 0 heterocycles. The first kappa shape index (κ1) is 66.2. The van der Waals surface area contributed by atoms with Gasteiger partial charge < -0.3 is 58.7 Å². The van der Waals surface area contributed by atoms with Crippen LogP contribution in [-0.2, 0) is 27.4 Å². The van der Waals surface area contributed by atoms with Crippen molar-refractivity contribution in [1.82, 2.24) is 0 Å². The van der Waals surface area contributed by atoms with E-state index in [-0.39, 0.29) is 308 Å². The molecule has 0 spiro atoms. The molecule has 0 aliphatic heterocycles. The Hall–Kier alpha value is 10.7. The molecule has 0 amide bonds. The van der Waals surface area contributed by atoms with Gasteiger partial charge in [-0.1, -0.05) is 0 Å². The molecule has 0 radical (unpaired) electrons. The summed E-state index contributed by atoms with van der Waals surface area (Å²) in [6, 6.07) is 0. The minimum absolute atomic E-state index is 0. The van der Waals surface area contributed by atoms with Gasteiger partial charge in [-0.05, 0) is 0 Å². The van der Waals surface area contributed by atoms with Crippen LogP contribution in [0.1, 0.15) is 0 Å². The normalized spacial score (nSPS) is 11.3. The Kier molecular flexibility index (Phi) is 60.3. The van der Waals surface area contributed by atoms with E-state index in [9.17, 15) is 27.4 Å². The Morgan fingerprint density at radius 1 is 0.273 bits per heavy atom. The van der Waals surface area contributed by atoms with Crippen molar-refractivity contribution in [3.63, 3.8) is 0 Å². The molecule has 30 heteroatoms. The van der Waals surface area contributed by atoms with E-state index in [0.29, 0.717) is 0 Å². The van der Waals surface area contributed by atoms with Gasteiger partial charge in [0.25, 0.3) is 0 Å². The molecule has 0 aromatic rings. The van der Waals surface area contributed by atoms with Crippen LogP contribution in [0.3, 0.4) is 0 Å². The summed E-state index contributed by atoms with van der Waals surface area (Å²) in [7, 11) is -27.3. The number of hydrogen-bond donors (Lipinski definition) is 12. The molecule has 0 fully saturated rings. The second-order valence-electron chi connectivity index (χ2n) is 4.41. The van der Waals surface area contributed by atoms with Crippen molar-refractivity contribution >= 4 is 354 Å². The Bertz CT molecular complexity index is 577. The molecule has 0 aliphatic carbocycles. The summed E-state index contributed by atoms with van der Waals surface area (Å²) in [6.07, 6.45) is 0. The molecule has 12 N–H and O–H groups in total. The molecule has 0 aliphatic rings. The van der Waals surface area contributed by atoms with Gasteiger partial charge in [0.2, 0.25) is 0 Å². The fourth-order valence-electron chi connectivity index (χ4n) is 0.720. The third-order valence-corrected chi connectivity index (χ3v) is 9.95. The summed E-state index contributed by atoms with van der Waals surface area (Å²) in [6.45, 7) is 0. The van der Waals surface area contributed by atoms with Crippen molar-refractivity contribution in [3.8, 4) is 0 Å². The predicted molar refractivity (Wildman–Crippen MR) is 130 cm³/mol. The summed E-state index contributed by atoms with van der Waals surface area (Å²) < 4.78 is 59.1. The second kappa shape index (κ2) is 30.1. The third-order valence-electron chi connectivity index (χ3n) is 1.11. The van der Waals surface area contributed by atoms with Gasteiger partial charge in [-0.25, -0.2) is 0 Å². The molecule has 0 aromatic heterocycles. The van der Waals surface area contributed by atoms with Crippen molar-refractivity contribution in [2.24, 2.45) is 0 Å². The summed E-state index contributed by atoms with van der Waals surface area (Å²) >= 11 is 0. The molecule has 33 heavy (non-hydrogen) atoms. The van der Waals surface area contributed by atoms with Crippen molar-refractivity contribution in [2.75, 3.05) is 17.7 Å². The molecule has 0 unspecified atom stereocenters. The van der Waals surface area contributed by atoms with Crippen molar-refractivity contribution in [1.29, 1.82) is 0 Å². The topological polar surface area (TPSA) is 345 Å². The Morgan fingerprint density at radius 3 is 0.333 bits per heavy atom. The first-order chi connectivity index (χ1) is 11.1. The van der Waals surface area contributed by atoms with E-state index in [1.807, 2.05) is 0 Å². The van der Waals surface area contributed by atoms with Crippen LogP contribution in [-0.4, -0.2) is 385 Å². The van der Waals surface area contributed by atoms with Crippen LogP contribution in [0, 0.1) is 0 Å². The summed E-state index contributed by atoms with van der Waals surface area (Å²) in [5.41, 5.74) is 0. The van der Waals surface area contributed by atoms with Crippen molar-refractivity contribution in [3.05, 3.63) is 0 Å². The Morgan fingerprint density at radius 2 is 0.333 bits per heavy atom. The summed E-state index contributed by atoms with van der Waals surface area (Å²) in [5, 5.41) is 0. The van der Waals surface area contributed by atoms with Gasteiger partial charge in [-0.3, -0.25) is 27.4 Å². The molecular formula is C3H24K6O18P6.